The minimum absolute atomic E-state index is 0.114. The largest absolute Gasteiger partial charge is 0.490 e. The van der Waals surface area contributed by atoms with Gasteiger partial charge in [-0.3, -0.25) is 4.99 Å². The first kappa shape index (κ1) is 24.4. The number of nitrogens with zero attached hydrogens (tertiary/aromatic N) is 2. The third kappa shape index (κ3) is 4.26. The Morgan fingerprint density at radius 3 is 2.58 bits per heavy atom. The fourth-order valence-electron chi connectivity index (χ4n) is 4.19. The van der Waals surface area contributed by atoms with Crippen LogP contribution in [0.4, 0.5) is 17.6 Å². The van der Waals surface area contributed by atoms with Gasteiger partial charge in [0.2, 0.25) is 5.60 Å². The predicted molar refractivity (Wildman–Crippen MR) is 132 cm³/mol. The van der Waals surface area contributed by atoms with Crippen LogP contribution < -0.4 is 4.74 Å². The number of thiophene rings is 1. The Kier molecular flexibility index (Phi) is 5.88. The minimum atomic E-state index is -5.06. The monoisotopic (exact) mass is 514 g/mol. The number of aromatic nitrogens is 1. The summed E-state index contributed by atoms with van der Waals surface area (Å²) >= 11 is 1.56. The van der Waals surface area contributed by atoms with E-state index >= 15 is 0 Å². The second-order valence-corrected chi connectivity index (χ2v) is 10.4. The van der Waals surface area contributed by atoms with Crippen LogP contribution in [0.25, 0.3) is 21.3 Å². The molecule has 1 N–H and O–H groups in total. The van der Waals surface area contributed by atoms with E-state index in [2.05, 4.69) is 9.98 Å². The summed E-state index contributed by atoms with van der Waals surface area (Å²) < 4.78 is 63.5. The molecule has 36 heavy (non-hydrogen) atoms. The number of rotatable bonds is 5. The number of aliphatic hydroxyl groups is 1. The van der Waals surface area contributed by atoms with E-state index in [1.54, 1.807) is 17.4 Å². The molecule has 1 aliphatic rings. The number of halogens is 4. The third-order valence-electron chi connectivity index (χ3n) is 6.33. The highest BCUT2D eigenvalue weighted by Gasteiger charge is 2.57. The van der Waals surface area contributed by atoms with Gasteiger partial charge in [-0.05, 0) is 64.9 Å². The highest BCUT2D eigenvalue weighted by Crippen LogP contribution is 2.47. The molecule has 0 bridgehead atoms. The van der Waals surface area contributed by atoms with Gasteiger partial charge in [0.1, 0.15) is 17.3 Å². The molecule has 0 aliphatic carbocycles. The molecule has 3 heterocycles. The molecule has 2 aromatic carbocycles. The topological polar surface area (TPSA) is 54.7 Å². The number of aliphatic imine (C=N–C) groups is 1. The van der Waals surface area contributed by atoms with E-state index in [1.807, 2.05) is 37.4 Å². The maximum absolute atomic E-state index is 14.4. The van der Waals surface area contributed by atoms with Crippen molar-refractivity contribution in [3.8, 4) is 17.0 Å². The lowest BCUT2D eigenvalue weighted by Gasteiger charge is -2.30. The summed E-state index contributed by atoms with van der Waals surface area (Å²) in [5.74, 6) is -0.165. The van der Waals surface area contributed by atoms with Gasteiger partial charge in [0.25, 0.3) is 0 Å². The maximum atomic E-state index is 14.4. The third-order valence-corrected chi connectivity index (χ3v) is 7.22. The zero-order valence-electron chi connectivity index (χ0n) is 19.4. The van der Waals surface area contributed by atoms with Crippen molar-refractivity contribution in [1.29, 1.82) is 0 Å². The summed E-state index contributed by atoms with van der Waals surface area (Å²) in [5.41, 5.74) is -2.95. The summed E-state index contributed by atoms with van der Waals surface area (Å²) in [5, 5.41) is 13.9. The number of hydrogen-bond donors (Lipinski definition) is 1. The molecule has 0 saturated heterocycles. The minimum Gasteiger partial charge on any atom is -0.490 e. The Hall–Kier alpha value is -3.30. The number of ether oxygens (including phenoxy) is 1. The molecule has 1 aliphatic heterocycles. The molecule has 0 radical (unpaired) electrons. The van der Waals surface area contributed by atoms with E-state index in [0.717, 1.165) is 10.1 Å². The van der Waals surface area contributed by atoms with Crippen molar-refractivity contribution < 1.29 is 27.4 Å². The van der Waals surface area contributed by atoms with Gasteiger partial charge in [-0.1, -0.05) is 19.9 Å². The Labute approximate surface area is 208 Å². The molecule has 0 saturated carbocycles. The Bertz CT molecular complexity index is 1460. The van der Waals surface area contributed by atoms with Gasteiger partial charge in [-0.15, -0.1) is 11.3 Å². The number of hydrogen-bond acceptors (Lipinski definition) is 5. The van der Waals surface area contributed by atoms with Crippen LogP contribution in [-0.2, 0) is 11.0 Å². The first-order chi connectivity index (χ1) is 17.0. The van der Waals surface area contributed by atoms with Crippen molar-refractivity contribution in [2.45, 2.75) is 31.0 Å². The summed E-state index contributed by atoms with van der Waals surface area (Å²) in [7, 11) is 0. The molecule has 4 nitrogen and oxygen atoms in total. The van der Waals surface area contributed by atoms with E-state index in [0.29, 0.717) is 22.4 Å². The molecule has 0 amide bonds. The summed E-state index contributed by atoms with van der Waals surface area (Å²) in [4.78, 5) is 8.20. The first-order valence-corrected chi connectivity index (χ1v) is 12.1. The van der Waals surface area contributed by atoms with Crippen LogP contribution in [-0.4, -0.2) is 35.6 Å². The normalized spacial score (nSPS) is 16.8. The average molecular weight is 515 g/mol. The van der Waals surface area contributed by atoms with Crippen molar-refractivity contribution in [1.82, 2.24) is 4.98 Å². The van der Waals surface area contributed by atoms with Gasteiger partial charge in [0, 0.05) is 27.5 Å². The van der Waals surface area contributed by atoms with Crippen LogP contribution in [0.5, 0.6) is 5.75 Å². The van der Waals surface area contributed by atoms with Gasteiger partial charge >= 0.3 is 6.18 Å². The molecule has 9 heteroatoms. The number of benzene rings is 2. The van der Waals surface area contributed by atoms with E-state index in [-0.39, 0.29) is 12.3 Å². The summed E-state index contributed by atoms with van der Waals surface area (Å²) in [6, 6.07) is 13.8. The standard InChI is InChI=1S/C27H22F4N2O2S/c1-25(2)15-35-24-20(25)12-22(33-23(24)17-4-6-19(28)7-5-17)26(34,27(29,30)31)14-32-13-16-3-8-21-18(11-16)9-10-36-21/h3-13,34H,14-15H2,1-2H3/t26-/m0/s1. The van der Waals surface area contributed by atoms with Crippen molar-refractivity contribution in [3.63, 3.8) is 0 Å². The fraction of sp³-hybridized carbons (Fsp3) is 0.259. The predicted octanol–water partition coefficient (Wildman–Crippen LogP) is 6.64. The van der Waals surface area contributed by atoms with Crippen LogP contribution in [0.1, 0.15) is 30.7 Å². The zero-order chi connectivity index (χ0) is 25.7. The number of alkyl halides is 3. The molecule has 186 valence electrons. The maximum Gasteiger partial charge on any atom is 0.424 e. The van der Waals surface area contributed by atoms with Crippen LogP contribution in [0.3, 0.4) is 0 Å². The van der Waals surface area contributed by atoms with E-state index in [1.165, 1.54) is 36.5 Å². The Balaban J connectivity index is 1.59. The second-order valence-electron chi connectivity index (χ2n) is 9.46. The zero-order valence-corrected chi connectivity index (χ0v) is 20.3. The van der Waals surface area contributed by atoms with E-state index in [9.17, 15) is 22.7 Å². The van der Waals surface area contributed by atoms with Crippen LogP contribution in [0.2, 0.25) is 0 Å². The molecular weight excluding hydrogens is 492 g/mol. The SMILES string of the molecule is CC1(C)COc2c1cc([C@@](O)(CN=Cc1ccc3sccc3c1)C(F)(F)F)nc2-c1ccc(F)cc1. The van der Waals surface area contributed by atoms with E-state index in [4.69, 9.17) is 4.74 Å². The Morgan fingerprint density at radius 2 is 1.86 bits per heavy atom. The smallest absolute Gasteiger partial charge is 0.424 e. The lowest BCUT2D eigenvalue weighted by molar-refractivity contribution is -0.263. The second kappa shape index (κ2) is 8.67. The molecular formula is C27H22F4N2O2S. The lowest BCUT2D eigenvalue weighted by atomic mass is 9.84. The van der Waals surface area contributed by atoms with E-state index < -0.39 is 35.2 Å². The van der Waals surface area contributed by atoms with Crippen LogP contribution in [0, 0.1) is 5.82 Å². The van der Waals surface area contributed by atoms with Crippen LogP contribution in [0.15, 0.2) is 65.0 Å². The Morgan fingerprint density at radius 1 is 1.11 bits per heavy atom. The molecule has 5 rings (SSSR count). The van der Waals surface area contributed by atoms with Crippen molar-refractivity contribution in [2.24, 2.45) is 4.99 Å². The fourth-order valence-corrected chi connectivity index (χ4v) is 4.96. The van der Waals surface area contributed by atoms with Crippen molar-refractivity contribution in [2.75, 3.05) is 13.2 Å². The van der Waals surface area contributed by atoms with Crippen molar-refractivity contribution >= 4 is 27.6 Å². The van der Waals surface area contributed by atoms with Gasteiger partial charge in [-0.25, -0.2) is 9.37 Å². The molecule has 4 aromatic rings. The molecule has 0 fully saturated rings. The lowest BCUT2D eigenvalue weighted by Crippen LogP contribution is -2.46. The molecule has 2 aromatic heterocycles. The number of fused-ring (bicyclic) bond motifs is 2. The highest BCUT2D eigenvalue weighted by atomic mass is 32.1. The highest BCUT2D eigenvalue weighted by molar-refractivity contribution is 7.17. The van der Waals surface area contributed by atoms with Gasteiger partial charge in [0.15, 0.2) is 0 Å². The van der Waals surface area contributed by atoms with Crippen molar-refractivity contribution in [3.05, 3.63) is 82.6 Å². The van der Waals surface area contributed by atoms with Crippen LogP contribution >= 0.6 is 11.3 Å². The van der Waals surface area contributed by atoms with Gasteiger partial charge in [-0.2, -0.15) is 13.2 Å². The quantitative estimate of drug-likeness (QED) is 0.240. The van der Waals surface area contributed by atoms with Gasteiger partial charge < -0.3 is 9.84 Å². The number of pyridine rings is 1. The molecule has 1 atom stereocenters. The average Bonchev–Trinajstić information content (AvgIpc) is 3.42. The summed E-state index contributed by atoms with van der Waals surface area (Å²) in [6.07, 6.45) is -3.75. The van der Waals surface area contributed by atoms with Gasteiger partial charge in [0.05, 0.1) is 18.8 Å². The summed E-state index contributed by atoms with van der Waals surface area (Å²) in [6.45, 7) is 2.92. The first-order valence-electron chi connectivity index (χ1n) is 11.2. The molecule has 0 spiro atoms. The molecule has 0 unspecified atom stereocenters.